The molecule has 6 nitrogen and oxygen atoms in total. The van der Waals surface area contributed by atoms with Crippen molar-refractivity contribution in [3.8, 4) is 0 Å². The zero-order valence-corrected chi connectivity index (χ0v) is 52.1. The van der Waals surface area contributed by atoms with E-state index >= 15 is 0 Å². The van der Waals surface area contributed by atoms with E-state index in [0.717, 1.165) is 70.6 Å². The van der Waals surface area contributed by atoms with E-state index in [1.165, 1.54) is 263 Å². The molecular formula is C72H133NO5. The Morgan fingerprint density at radius 2 is 0.641 bits per heavy atom. The number of ether oxygens (including phenoxy) is 1. The van der Waals surface area contributed by atoms with E-state index in [1.54, 1.807) is 6.08 Å². The molecule has 0 aliphatic carbocycles. The van der Waals surface area contributed by atoms with E-state index in [1.807, 2.05) is 6.08 Å². The van der Waals surface area contributed by atoms with Crippen molar-refractivity contribution >= 4 is 11.9 Å². The molecule has 1 amide bonds. The molecule has 2 unspecified atom stereocenters. The van der Waals surface area contributed by atoms with Crippen LogP contribution in [0.1, 0.15) is 361 Å². The Balaban J connectivity index is 3.48. The van der Waals surface area contributed by atoms with Crippen molar-refractivity contribution in [1.29, 1.82) is 0 Å². The summed E-state index contributed by atoms with van der Waals surface area (Å²) in [5, 5.41) is 23.2. The summed E-state index contributed by atoms with van der Waals surface area (Å²) in [6.45, 7) is 4.90. The van der Waals surface area contributed by atoms with Crippen LogP contribution in [-0.2, 0) is 14.3 Å². The SMILES string of the molecule is CCCCCC/C=C\C/C=C\CCCCCCCCCC(=O)OCCCCCCCCCCC/C=C\C/C=C\CCCCCCCCCC(=O)NC(CO)C(O)/C=C/CCCCCCCCCCCCCCCCCCCC. The number of carbonyl (C=O) groups is 2. The number of unbranched alkanes of at least 4 members (excludes halogenated alkanes) is 45. The van der Waals surface area contributed by atoms with Gasteiger partial charge >= 0.3 is 5.97 Å². The number of nitrogens with one attached hydrogen (secondary N) is 1. The molecule has 0 aromatic carbocycles. The lowest BCUT2D eigenvalue weighted by Crippen LogP contribution is -2.45. The van der Waals surface area contributed by atoms with Crippen molar-refractivity contribution in [3.05, 3.63) is 60.8 Å². The molecule has 0 aliphatic heterocycles. The number of esters is 1. The Bertz CT molecular complexity index is 1350. The van der Waals surface area contributed by atoms with E-state index in [2.05, 4.69) is 67.8 Å². The first-order valence-corrected chi connectivity index (χ1v) is 34.6. The number of rotatable bonds is 64. The molecule has 0 aromatic heterocycles. The summed E-state index contributed by atoms with van der Waals surface area (Å²) in [4.78, 5) is 24.6. The van der Waals surface area contributed by atoms with E-state index < -0.39 is 12.1 Å². The Hall–Kier alpha value is -2.44. The largest absolute Gasteiger partial charge is 0.466 e. The minimum atomic E-state index is -0.853. The summed E-state index contributed by atoms with van der Waals surface area (Å²) in [6.07, 6.45) is 88.5. The van der Waals surface area contributed by atoms with Crippen LogP contribution in [0.4, 0.5) is 0 Å². The van der Waals surface area contributed by atoms with Crippen LogP contribution in [0.25, 0.3) is 0 Å². The van der Waals surface area contributed by atoms with Gasteiger partial charge < -0.3 is 20.3 Å². The average Bonchev–Trinajstić information content (AvgIpc) is 3.44. The smallest absolute Gasteiger partial charge is 0.305 e. The van der Waals surface area contributed by atoms with Crippen molar-refractivity contribution in [2.75, 3.05) is 13.2 Å². The number of aliphatic hydroxyl groups excluding tert-OH is 2. The molecule has 78 heavy (non-hydrogen) atoms. The fourth-order valence-corrected chi connectivity index (χ4v) is 10.5. The molecule has 3 N–H and O–H groups in total. The highest BCUT2D eigenvalue weighted by molar-refractivity contribution is 5.76. The highest BCUT2D eigenvalue weighted by Gasteiger charge is 2.18. The minimum absolute atomic E-state index is 0.000913. The Morgan fingerprint density at radius 1 is 0.359 bits per heavy atom. The average molecular weight is 1090 g/mol. The summed E-state index contributed by atoms with van der Waals surface area (Å²) in [5.74, 6) is -0.0774. The monoisotopic (exact) mass is 1090 g/mol. The molecule has 0 fully saturated rings. The van der Waals surface area contributed by atoms with Crippen molar-refractivity contribution in [2.45, 2.75) is 373 Å². The predicted molar refractivity (Wildman–Crippen MR) is 342 cm³/mol. The quantitative estimate of drug-likeness (QED) is 0.0320. The van der Waals surface area contributed by atoms with Crippen molar-refractivity contribution in [1.82, 2.24) is 5.32 Å². The molecule has 0 rings (SSSR count). The molecule has 0 radical (unpaired) electrons. The van der Waals surface area contributed by atoms with Crippen molar-refractivity contribution in [3.63, 3.8) is 0 Å². The molecular weight excluding hydrogens is 959 g/mol. The van der Waals surface area contributed by atoms with E-state index in [9.17, 15) is 19.8 Å². The third-order valence-electron chi connectivity index (χ3n) is 15.8. The number of allylic oxidation sites excluding steroid dienone is 9. The fourth-order valence-electron chi connectivity index (χ4n) is 10.5. The standard InChI is InChI=1S/C72H133NO5/c1-3-5-7-9-11-13-15-17-19-21-23-29-32-36-40-44-48-52-56-60-64-70(75)69(68-74)73-71(76)65-61-57-53-49-45-41-37-33-30-27-25-24-26-28-31-35-39-43-47-51-55-59-63-67-78-72(77)66-62-58-54-50-46-42-38-34-22-20-18-16-14-12-10-8-6-4-2/h14,16,20,22,24,26-27,30,60,64,69-70,74-75H,3-13,15,17-19,21,23,25,28-29,31-59,61-63,65-68H2,1-2H3,(H,73,76)/b16-14-,22-20-,26-24-,30-27-,64-60+. The summed E-state index contributed by atoms with van der Waals surface area (Å²) >= 11 is 0. The summed E-state index contributed by atoms with van der Waals surface area (Å²) in [7, 11) is 0. The van der Waals surface area contributed by atoms with Gasteiger partial charge in [-0.3, -0.25) is 9.59 Å². The van der Waals surface area contributed by atoms with Crippen LogP contribution in [0.5, 0.6) is 0 Å². The first-order valence-electron chi connectivity index (χ1n) is 34.6. The fraction of sp³-hybridized carbons (Fsp3) is 0.833. The summed E-state index contributed by atoms with van der Waals surface area (Å²) in [6, 6.07) is -0.638. The first kappa shape index (κ1) is 75.6. The van der Waals surface area contributed by atoms with Crippen LogP contribution in [0.15, 0.2) is 60.8 Å². The maximum Gasteiger partial charge on any atom is 0.305 e. The topological polar surface area (TPSA) is 95.9 Å². The highest BCUT2D eigenvalue weighted by Crippen LogP contribution is 2.17. The van der Waals surface area contributed by atoms with Crippen LogP contribution >= 0.6 is 0 Å². The summed E-state index contributed by atoms with van der Waals surface area (Å²) < 4.78 is 5.49. The minimum Gasteiger partial charge on any atom is -0.466 e. The Morgan fingerprint density at radius 3 is 0.987 bits per heavy atom. The first-order chi connectivity index (χ1) is 38.5. The van der Waals surface area contributed by atoms with Crippen LogP contribution in [0.3, 0.4) is 0 Å². The lowest BCUT2D eigenvalue weighted by Gasteiger charge is -2.20. The van der Waals surface area contributed by atoms with Gasteiger partial charge in [0.15, 0.2) is 0 Å². The van der Waals surface area contributed by atoms with Gasteiger partial charge in [-0.25, -0.2) is 0 Å². The Labute approximate surface area is 486 Å². The van der Waals surface area contributed by atoms with E-state index in [4.69, 9.17) is 4.74 Å². The molecule has 0 bridgehead atoms. The maximum atomic E-state index is 12.5. The van der Waals surface area contributed by atoms with E-state index in [-0.39, 0.29) is 18.5 Å². The summed E-state index contributed by atoms with van der Waals surface area (Å²) in [5.41, 5.74) is 0. The van der Waals surface area contributed by atoms with Gasteiger partial charge in [0.05, 0.1) is 25.4 Å². The second kappa shape index (κ2) is 67.1. The number of carbonyl (C=O) groups excluding carboxylic acids is 2. The normalized spacial score (nSPS) is 12.9. The number of hydrogen-bond donors (Lipinski definition) is 3. The van der Waals surface area contributed by atoms with Crippen molar-refractivity contribution in [2.24, 2.45) is 0 Å². The van der Waals surface area contributed by atoms with Gasteiger partial charge in [-0.15, -0.1) is 0 Å². The predicted octanol–water partition coefficient (Wildman–Crippen LogP) is 22.3. The Kier molecular flexibility index (Phi) is 65.0. The maximum absolute atomic E-state index is 12.5. The third-order valence-corrected chi connectivity index (χ3v) is 15.8. The number of aliphatic hydroxyl groups is 2. The molecule has 0 saturated carbocycles. The van der Waals surface area contributed by atoms with E-state index in [0.29, 0.717) is 19.4 Å². The van der Waals surface area contributed by atoms with Crippen LogP contribution in [-0.4, -0.2) is 47.4 Å². The van der Waals surface area contributed by atoms with Gasteiger partial charge in [-0.1, -0.05) is 312 Å². The molecule has 0 aromatic rings. The molecule has 0 heterocycles. The lowest BCUT2D eigenvalue weighted by molar-refractivity contribution is -0.143. The number of amides is 1. The zero-order chi connectivity index (χ0) is 56.4. The molecule has 0 aliphatic rings. The van der Waals surface area contributed by atoms with Crippen LogP contribution in [0.2, 0.25) is 0 Å². The van der Waals surface area contributed by atoms with Gasteiger partial charge in [-0.05, 0) is 96.3 Å². The molecule has 0 spiro atoms. The molecule has 6 heteroatoms. The van der Waals surface area contributed by atoms with Gasteiger partial charge in [0.1, 0.15) is 0 Å². The molecule has 0 saturated heterocycles. The van der Waals surface area contributed by atoms with Gasteiger partial charge in [0.2, 0.25) is 5.91 Å². The van der Waals surface area contributed by atoms with Crippen molar-refractivity contribution < 1.29 is 24.5 Å². The highest BCUT2D eigenvalue weighted by atomic mass is 16.5. The zero-order valence-electron chi connectivity index (χ0n) is 52.1. The molecule has 456 valence electrons. The number of hydrogen-bond acceptors (Lipinski definition) is 5. The van der Waals surface area contributed by atoms with Gasteiger partial charge in [0, 0.05) is 12.8 Å². The second-order valence-corrected chi connectivity index (χ2v) is 23.5. The van der Waals surface area contributed by atoms with Crippen LogP contribution < -0.4 is 5.32 Å². The lowest BCUT2D eigenvalue weighted by atomic mass is 10.0. The van der Waals surface area contributed by atoms with Crippen LogP contribution in [0, 0.1) is 0 Å². The third kappa shape index (κ3) is 62.8. The van der Waals surface area contributed by atoms with Gasteiger partial charge in [0.25, 0.3) is 0 Å². The molecule has 2 atom stereocenters. The second-order valence-electron chi connectivity index (χ2n) is 23.5. The van der Waals surface area contributed by atoms with Gasteiger partial charge in [-0.2, -0.15) is 0 Å².